The van der Waals surface area contributed by atoms with Crippen molar-refractivity contribution in [2.75, 3.05) is 0 Å². The molecule has 1 aromatic heterocycles. The number of aryl methyl sites for hydroxylation is 1. The van der Waals surface area contributed by atoms with Crippen LogP contribution in [0.3, 0.4) is 0 Å². The summed E-state index contributed by atoms with van der Waals surface area (Å²) < 4.78 is 12.8. The third-order valence-corrected chi connectivity index (χ3v) is 2.21. The van der Waals surface area contributed by atoms with Crippen molar-refractivity contribution in [1.29, 1.82) is 0 Å². The highest BCUT2D eigenvalue weighted by Gasteiger charge is 2.08. The van der Waals surface area contributed by atoms with E-state index in [-0.39, 0.29) is 11.5 Å². The maximum absolute atomic E-state index is 12.8. The van der Waals surface area contributed by atoms with Crippen LogP contribution in [0.4, 0.5) is 4.39 Å². The molecule has 5 heteroatoms. The van der Waals surface area contributed by atoms with Gasteiger partial charge in [-0.2, -0.15) is 0 Å². The summed E-state index contributed by atoms with van der Waals surface area (Å²) in [5.41, 5.74) is 6.58. The summed E-state index contributed by atoms with van der Waals surface area (Å²) in [6.45, 7) is 1.74. The highest BCUT2D eigenvalue weighted by Crippen LogP contribution is 2.16. The first-order valence-electron chi connectivity index (χ1n) is 4.97. The van der Waals surface area contributed by atoms with Gasteiger partial charge in [-0.3, -0.25) is 4.79 Å². The quantitative estimate of drug-likeness (QED) is 0.855. The van der Waals surface area contributed by atoms with E-state index in [4.69, 9.17) is 5.73 Å². The smallest absolute Gasteiger partial charge is 0.267 e. The highest BCUT2D eigenvalue weighted by molar-refractivity contribution is 5.91. The topological polar surface area (TPSA) is 68.9 Å². The second-order valence-electron chi connectivity index (χ2n) is 3.59. The van der Waals surface area contributed by atoms with Crippen LogP contribution in [0.1, 0.15) is 16.2 Å². The Kier molecular flexibility index (Phi) is 2.82. The predicted octanol–water partition coefficient (Wildman–Crippen LogP) is 1.69. The molecule has 0 atom stereocenters. The Bertz CT molecular complexity index is 566. The van der Waals surface area contributed by atoms with Gasteiger partial charge in [-0.1, -0.05) is 0 Å². The molecule has 0 saturated heterocycles. The molecule has 0 radical (unpaired) electrons. The van der Waals surface area contributed by atoms with E-state index in [0.29, 0.717) is 17.1 Å². The van der Waals surface area contributed by atoms with Crippen LogP contribution in [0.25, 0.3) is 11.4 Å². The molecule has 0 aliphatic heterocycles. The minimum atomic E-state index is -0.612. The van der Waals surface area contributed by atoms with Crippen molar-refractivity contribution in [3.05, 3.63) is 47.5 Å². The first-order valence-corrected chi connectivity index (χ1v) is 4.97. The fraction of sp³-hybridized carbons (Fsp3) is 0.0833. The molecular weight excluding hydrogens is 221 g/mol. The van der Waals surface area contributed by atoms with Crippen molar-refractivity contribution < 1.29 is 9.18 Å². The number of nitrogens with zero attached hydrogens (tertiary/aromatic N) is 2. The van der Waals surface area contributed by atoms with Crippen LogP contribution < -0.4 is 5.73 Å². The van der Waals surface area contributed by atoms with Crippen molar-refractivity contribution >= 4 is 5.91 Å². The molecule has 2 aromatic rings. The van der Waals surface area contributed by atoms with Gasteiger partial charge in [0.2, 0.25) is 0 Å². The monoisotopic (exact) mass is 231 g/mol. The first kappa shape index (κ1) is 11.2. The number of rotatable bonds is 2. The minimum Gasteiger partial charge on any atom is -0.364 e. The first-order chi connectivity index (χ1) is 8.06. The van der Waals surface area contributed by atoms with E-state index in [9.17, 15) is 9.18 Å². The van der Waals surface area contributed by atoms with Gasteiger partial charge in [-0.25, -0.2) is 14.4 Å². The summed E-state index contributed by atoms with van der Waals surface area (Å²) in [7, 11) is 0. The zero-order valence-corrected chi connectivity index (χ0v) is 9.14. The lowest BCUT2D eigenvalue weighted by atomic mass is 10.2. The maximum Gasteiger partial charge on any atom is 0.267 e. The van der Waals surface area contributed by atoms with Gasteiger partial charge in [0.15, 0.2) is 5.82 Å². The van der Waals surface area contributed by atoms with E-state index in [1.54, 1.807) is 19.1 Å². The van der Waals surface area contributed by atoms with Crippen LogP contribution in [-0.4, -0.2) is 15.9 Å². The number of hydrogen-bond acceptors (Lipinski definition) is 3. The molecule has 0 bridgehead atoms. The van der Waals surface area contributed by atoms with Gasteiger partial charge >= 0.3 is 0 Å². The van der Waals surface area contributed by atoms with E-state index < -0.39 is 5.91 Å². The third kappa shape index (κ3) is 2.44. The predicted molar refractivity (Wildman–Crippen MR) is 60.7 cm³/mol. The molecule has 2 N–H and O–H groups in total. The van der Waals surface area contributed by atoms with Crippen molar-refractivity contribution in [1.82, 2.24) is 9.97 Å². The molecule has 0 unspecified atom stereocenters. The Morgan fingerprint density at radius 1 is 1.24 bits per heavy atom. The fourth-order valence-electron chi connectivity index (χ4n) is 1.42. The molecule has 1 heterocycles. The van der Waals surface area contributed by atoms with Crippen LogP contribution in [0.5, 0.6) is 0 Å². The number of primary amides is 1. The summed E-state index contributed by atoms with van der Waals surface area (Å²) in [4.78, 5) is 19.3. The summed E-state index contributed by atoms with van der Waals surface area (Å²) >= 11 is 0. The lowest BCUT2D eigenvalue weighted by Gasteiger charge is -2.03. The molecule has 0 aliphatic carbocycles. The molecule has 1 aromatic carbocycles. The molecule has 0 aliphatic rings. The molecule has 1 amide bonds. The van der Waals surface area contributed by atoms with Gasteiger partial charge in [-0.05, 0) is 37.3 Å². The number of aromatic nitrogens is 2. The Balaban J connectivity index is 2.51. The lowest BCUT2D eigenvalue weighted by molar-refractivity contribution is 0.0995. The number of benzene rings is 1. The standard InChI is InChI=1S/C12H10FN3O/c1-7-6-10(11(14)17)16-12(15-7)8-2-4-9(13)5-3-8/h2-6H,1H3,(H2,14,17). The van der Waals surface area contributed by atoms with Gasteiger partial charge < -0.3 is 5.73 Å². The normalized spacial score (nSPS) is 10.2. The van der Waals surface area contributed by atoms with Crippen molar-refractivity contribution in [2.45, 2.75) is 6.92 Å². The number of carbonyl (C=O) groups excluding carboxylic acids is 1. The molecule has 0 saturated carbocycles. The van der Waals surface area contributed by atoms with Gasteiger partial charge in [-0.15, -0.1) is 0 Å². The fourth-order valence-corrected chi connectivity index (χ4v) is 1.42. The molecule has 0 spiro atoms. The van der Waals surface area contributed by atoms with Crippen LogP contribution in [-0.2, 0) is 0 Å². The average Bonchev–Trinajstić information content (AvgIpc) is 2.29. The Labute approximate surface area is 97.3 Å². The van der Waals surface area contributed by atoms with E-state index in [0.717, 1.165) is 0 Å². The van der Waals surface area contributed by atoms with Crippen LogP contribution in [0, 0.1) is 12.7 Å². The average molecular weight is 231 g/mol. The van der Waals surface area contributed by atoms with E-state index in [1.165, 1.54) is 18.2 Å². The van der Waals surface area contributed by atoms with Crippen LogP contribution >= 0.6 is 0 Å². The molecule has 17 heavy (non-hydrogen) atoms. The third-order valence-electron chi connectivity index (χ3n) is 2.21. The van der Waals surface area contributed by atoms with Gasteiger partial charge in [0, 0.05) is 11.3 Å². The zero-order valence-electron chi connectivity index (χ0n) is 9.14. The number of hydrogen-bond donors (Lipinski definition) is 1. The number of carbonyl (C=O) groups is 1. The van der Waals surface area contributed by atoms with Crippen molar-refractivity contribution in [3.63, 3.8) is 0 Å². The number of amides is 1. The highest BCUT2D eigenvalue weighted by atomic mass is 19.1. The van der Waals surface area contributed by atoms with Gasteiger partial charge in [0.05, 0.1) is 0 Å². The molecule has 0 fully saturated rings. The molecule has 86 valence electrons. The van der Waals surface area contributed by atoms with E-state index in [2.05, 4.69) is 9.97 Å². The lowest BCUT2D eigenvalue weighted by Crippen LogP contribution is -2.14. The second kappa shape index (κ2) is 4.29. The van der Waals surface area contributed by atoms with E-state index >= 15 is 0 Å². The second-order valence-corrected chi connectivity index (χ2v) is 3.59. The van der Waals surface area contributed by atoms with Crippen LogP contribution in [0.15, 0.2) is 30.3 Å². The Morgan fingerprint density at radius 3 is 2.47 bits per heavy atom. The van der Waals surface area contributed by atoms with Gasteiger partial charge in [0.25, 0.3) is 5.91 Å². The van der Waals surface area contributed by atoms with Gasteiger partial charge in [0.1, 0.15) is 11.5 Å². The largest absolute Gasteiger partial charge is 0.364 e. The van der Waals surface area contributed by atoms with Crippen molar-refractivity contribution in [2.24, 2.45) is 5.73 Å². The van der Waals surface area contributed by atoms with E-state index in [1.807, 2.05) is 0 Å². The summed E-state index contributed by atoms with van der Waals surface area (Å²) in [5, 5.41) is 0. The zero-order chi connectivity index (χ0) is 12.4. The molecule has 2 rings (SSSR count). The minimum absolute atomic E-state index is 0.150. The SMILES string of the molecule is Cc1cc(C(N)=O)nc(-c2ccc(F)cc2)n1. The number of nitrogens with two attached hydrogens (primary N) is 1. The molecular formula is C12H10FN3O. The number of halogens is 1. The summed E-state index contributed by atoms with van der Waals surface area (Å²) in [6, 6.07) is 7.23. The molecule has 4 nitrogen and oxygen atoms in total. The maximum atomic E-state index is 12.8. The Morgan fingerprint density at radius 2 is 1.88 bits per heavy atom. The Hall–Kier alpha value is -2.30. The van der Waals surface area contributed by atoms with Crippen molar-refractivity contribution in [3.8, 4) is 11.4 Å². The summed E-state index contributed by atoms with van der Waals surface area (Å²) in [6.07, 6.45) is 0. The van der Waals surface area contributed by atoms with Crippen LogP contribution in [0.2, 0.25) is 0 Å². The summed E-state index contributed by atoms with van der Waals surface area (Å²) in [5.74, 6) is -0.589.